The van der Waals surface area contributed by atoms with Crippen molar-refractivity contribution in [2.45, 2.75) is 19.5 Å². The van der Waals surface area contributed by atoms with Gasteiger partial charge in [0.15, 0.2) is 0 Å². The quantitative estimate of drug-likeness (QED) is 0.759. The van der Waals surface area contributed by atoms with Gasteiger partial charge in [-0.05, 0) is 24.2 Å². The van der Waals surface area contributed by atoms with E-state index in [1.165, 1.54) is 7.11 Å². The predicted octanol–water partition coefficient (Wildman–Crippen LogP) is 2.63. The molecule has 0 unspecified atom stereocenters. The van der Waals surface area contributed by atoms with Gasteiger partial charge >= 0.3 is 5.97 Å². The molecule has 0 radical (unpaired) electrons. The summed E-state index contributed by atoms with van der Waals surface area (Å²) >= 11 is 0. The molecule has 1 heterocycles. The Labute approximate surface area is 119 Å². The van der Waals surface area contributed by atoms with Gasteiger partial charge in [-0.25, -0.2) is 0 Å². The van der Waals surface area contributed by atoms with E-state index in [0.717, 1.165) is 29.8 Å². The largest absolute Gasteiger partial charge is 0.472 e. The number of hydrogen-bond acceptors (Lipinski definition) is 4. The molecule has 0 saturated carbocycles. The Hall–Kier alpha value is -2.07. The van der Waals surface area contributed by atoms with E-state index in [4.69, 9.17) is 9.15 Å². The van der Waals surface area contributed by atoms with Crippen LogP contribution >= 0.6 is 0 Å². The third kappa shape index (κ3) is 3.96. The molecule has 0 bridgehead atoms. The third-order valence-electron chi connectivity index (χ3n) is 3.15. The maximum Gasteiger partial charge on any atom is 0.309 e. The molecule has 0 aliphatic rings. The molecule has 2 rings (SSSR count). The summed E-state index contributed by atoms with van der Waals surface area (Å²) in [5.74, 6) is -0.213. The van der Waals surface area contributed by atoms with Crippen LogP contribution in [0.3, 0.4) is 0 Å². The molecule has 0 aliphatic carbocycles. The molecule has 20 heavy (non-hydrogen) atoms. The highest BCUT2D eigenvalue weighted by Crippen LogP contribution is 2.14. The van der Waals surface area contributed by atoms with Crippen molar-refractivity contribution < 1.29 is 13.9 Å². The van der Waals surface area contributed by atoms with Crippen molar-refractivity contribution in [3.63, 3.8) is 0 Å². The minimum Gasteiger partial charge on any atom is -0.472 e. The van der Waals surface area contributed by atoms with E-state index in [1.807, 2.05) is 37.4 Å². The zero-order valence-corrected chi connectivity index (χ0v) is 11.8. The van der Waals surface area contributed by atoms with Crippen LogP contribution in [0, 0.1) is 0 Å². The number of hydrogen-bond donors (Lipinski definition) is 0. The summed E-state index contributed by atoms with van der Waals surface area (Å²) in [5.41, 5.74) is 3.29. The lowest BCUT2D eigenvalue weighted by Gasteiger charge is -2.18. The minimum atomic E-state index is -0.213. The van der Waals surface area contributed by atoms with Crippen molar-refractivity contribution in [2.24, 2.45) is 0 Å². The summed E-state index contributed by atoms with van der Waals surface area (Å²) in [4.78, 5) is 13.6. The molecule has 4 nitrogen and oxygen atoms in total. The Balaban J connectivity index is 2.02. The lowest BCUT2D eigenvalue weighted by atomic mass is 10.0. The normalized spacial score (nSPS) is 10.8. The number of ether oxygens (including phenoxy) is 1. The molecular weight excluding hydrogens is 254 g/mol. The second-order valence-corrected chi connectivity index (χ2v) is 4.83. The fourth-order valence-corrected chi connectivity index (χ4v) is 2.15. The van der Waals surface area contributed by atoms with Crippen molar-refractivity contribution in [3.8, 4) is 0 Å². The number of esters is 1. The van der Waals surface area contributed by atoms with Crippen LogP contribution in [0.5, 0.6) is 0 Å². The first-order chi connectivity index (χ1) is 9.69. The summed E-state index contributed by atoms with van der Waals surface area (Å²) in [6, 6.07) is 9.90. The van der Waals surface area contributed by atoms with Crippen molar-refractivity contribution in [3.05, 3.63) is 59.5 Å². The molecule has 0 N–H and O–H groups in total. The van der Waals surface area contributed by atoms with Crippen molar-refractivity contribution in [1.82, 2.24) is 4.90 Å². The molecule has 0 spiro atoms. The molecule has 0 atom stereocenters. The van der Waals surface area contributed by atoms with Crippen LogP contribution in [0.15, 0.2) is 47.3 Å². The molecule has 0 fully saturated rings. The zero-order valence-electron chi connectivity index (χ0n) is 11.8. The molecule has 1 aromatic carbocycles. The monoisotopic (exact) mass is 273 g/mol. The van der Waals surface area contributed by atoms with Gasteiger partial charge in [0, 0.05) is 18.7 Å². The van der Waals surface area contributed by atoms with E-state index in [0.29, 0.717) is 6.42 Å². The second kappa shape index (κ2) is 6.91. The van der Waals surface area contributed by atoms with Gasteiger partial charge in [0.25, 0.3) is 0 Å². The highest BCUT2D eigenvalue weighted by Gasteiger charge is 2.10. The van der Waals surface area contributed by atoms with Crippen molar-refractivity contribution >= 4 is 5.97 Å². The van der Waals surface area contributed by atoms with Crippen LogP contribution < -0.4 is 0 Å². The smallest absolute Gasteiger partial charge is 0.309 e. The topological polar surface area (TPSA) is 42.7 Å². The first-order valence-electron chi connectivity index (χ1n) is 6.52. The molecule has 1 aromatic heterocycles. The van der Waals surface area contributed by atoms with Gasteiger partial charge in [0.2, 0.25) is 0 Å². The fraction of sp³-hybridized carbons (Fsp3) is 0.312. The van der Waals surface area contributed by atoms with E-state index in [2.05, 4.69) is 4.90 Å². The number of methoxy groups -OCH3 is 1. The molecule has 0 aliphatic heterocycles. The predicted molar refractivity (Wildman–Crippen MR) is 76.0 cm³/mol. The molecule has 106 valence electrons. The van der Waals surface area contributed by atoms with Gasteiger partial charge in [-0.2, -0.15) is 0 Å². The highest BCUT2D eigenvalue weighted by atomic mass is 16.5. The van der Waals surface area contributed by atoms with Crippen molar-refractivity contribution in [2.75, 3.05) is 14.2 Å². The number of rotatable bonds is 6. The molecular formula is C16H19NO3. The minimum absolute atomic E-state index is 0.213. The number of carbonyl (C=O) groups is 1. The lowest BCUT2D eigenvalue weighted by Crippen LogP contribution is -2.18. The maximum absolute atomic E-state index is 11.4. The number of nitrogens with zero attached hydrogens (tertiary/aromatic N) is 1. The van der Waals surface area contributed by atoms with Crippen LogP contribution in [0.2, 0.25) is 0 Å². The Morgan fingerprint density at radius 1 is 1.20 bits per heavy atom. The molecule has 2 aromatic rings. The zero-order chi connectivity index (χ0) is 14.4. The SMILES string of the molecule is COC(=O)Cc1ccccc1CN(C)Cc1ccoc1. The first kappa shape index (κ1) is 14.3. The standard InChI is InChI=1S/C16H19NO3/c1-17(10-13-7-8-20-12-13)11-15-6-4-3-5-14(15)9-16(18)19-2/h3-8,12H,9-11H2,1-2H3. The van der Waals surface area contributed by atoms with Crippen LogP contribution in [-0.2, 0) is 29.0 Å². The van der Waals surface area contributed by atoms with Gasteiger partial charge in [-0.3, -0.25) is 9.69 Å². The lowest BCUT2D eigenvalue weighted by molar-refractivity contribution is -0.139. The van der Waals surface area contributed by atoms with Crippen LogP contribution in [0.4, 0.5) is 0 Å². The summed E-state index contributed by atoms with van der Waals surface area (Å²) in [6.45, 7) is 1.58. The van der Waals surface area contributed by atoms with E-state index < -0.39 is 0 Å². The van der Waals surface area contributed by atoms with Gasteiger partial charge in [0.05, 0.1) is 26.1 Å². The fourth-order valence-electron chi connectivity index (χ4n) is 2.15. The second-order valence-electron chi connectivity index (χ2n) is 4.83. The Morgan fingerprint density at radius 2 is 1.95 bits per heavy atom. The van der Waals surface area contributed by atoms with Gasteiger partial charge < -0.3 is 9.15 Å². The average molecular weight is 273 g/mol. The first-order valence-corrected chi connectivity index (χ1v) is 6.52. The molecule has 4 heteroatoms. The van der Waals surface area contributed by atoms with E-state index >= 15 is 0 Å². The molecule has 0 saturated heterocycles. The summed E-state index contributed by atoms with van der Waals surface area (Å²) in [6.07, 6.45) is 3.73. The van der Waals surface area contributed by atoms with Crippen LogP contribution in [0.1, 0.15) is 16.7 Å². The third-order valence-corrected chi connectivity index (χ3v) is 3.15. The molecule has 0 amide bonds. The van der Waals surface area contributed by atoms with Gasteiger partial charge in [-0.15, -0.1) is 0 Å². The Morgan fingerprint density at radius 3 is 2.60 bits per heavy atom. The summed E-state index contributed by atoms with van der Waals surface area (Å²) < 4.78 is 9.80. The average Bonchev–Trinajstić information content (AvgIpc) is 2.93. The van der Waals surface area contributed by atoms with Crippen LogP contribution in [0.25, 0.3) is 0 Å². The Bertz CT molecular complexity index is 549. The Kier molecular flexibility index (Phi) is 4.96. The van der Waals surface area contributed by atoms with Gasteiger partial charge in [-0.1, -0.05) is 24.3 Å². The highest BCUT2D eigenvalue weighted by molar-refractivity contribution is 5.72. The number of carbonyl (C=O) groups excluding carboxylic acids is 1. The van der Waals surface area contributed by atoms with E-state index in [1.54, 1.807) is 12.5 Å². The van der Waals surface area contributed by atoms with E-state index in [-0.39, 0.29) is 5.97 Å². The van der Waals surface area contributed by atoms with Gasteiger partial charge in [0.1, 0.15) is 0 Å². The van der Waals surface area contributed by atoms with Crippen molar-refractivity contribution in [1.29, 1.82) is 0 Å². The van der Waals surface area contributed by atoms with E-state index in [9.17, 15) is 4.79 Å². The van der Waals surface area contributed by atoms with Crippen LogP contribution in [-0.4, -0.2) is 25.0 Å². The number of furan rings is 1. The maximum atomic E-state index is 11.4. The summed E-state index contributed by atoms with van der Waals surface area (Å²) in [5, 5.41) is 0. The summed E-state index contributed by atoms with van der Waals surface area (Å²) in [7, 11) is 3.46. The number of benzene rings is 1.